The molecule has 13 nitrogen and oxygen atoms in total. The number of hydrogen-bond donors (Lipinski definition) is 6. The number of aliphatic hydroxyl groups is 2. The number of thioether (sulfide) groups is 2. The molecule has 0 spiro atoms. The van der Waals surface area contributed by atoms with Gasteiger partial charge in [-0.3, -0.25) is 14.4 Å². The summed E-state index contributed by atoms with van der Waals surface area (Å²) < 4.78 is 23.1. The smallest absolute Gasteiger partial charge is 0.312 e. The molecule has 4 aliphatic rings. The number of Topliss-reactive ketones (excluding diaryl/α,β-unsaturated/α-hetero) is 1. The maximum atomic E-state index is 14.3. The molecule has 2 aromatic rings. The van der Waals surface area contributed by atoms with Crippen molar-refractivity contribution in [1.82, 2.24) is 0 Å². The number of carbonyl (C=O) groups is 3. The highest BCUT2D eigenvalue weighted by atomic mass is 32.2. The van der Waals surface area contributed by atoms with Gasteiger partial charge in [-0.25, -0.2) is 0 Å². The zero-order valence-corrected chi connectivity index (χ0v) is 34.0. The number of nitrogens with one attached hydrogen (secondary N) is 1. The van der Waals surface area contributed by atoms with Crippen LogP contribution in [0.3, 0.4) is 0 Å². The highest BCUT2D eigenvalue weighted by Gasteiger charge is 2.50. The Morgan fingerprint density at radius 2 is 1.58 bits per heavy atom. The minimum atomic E-state index is -2.00. The van der Waals surface area contributed by atoms with Crippen LogP contribution in [-0.4, -0.2) is 92.0 Å². The van der Waals surface area contributed by atoms with Gasteiger partial charge in [-0.05, 0) is 19.9 Å². The molecule has 4 heterocycles. The minimum Gasteiger partial charge on any atom is -0.507 e. The SMILES string of the molecule is COC1/C=C\OC2(C)Oc3c(C)c(O)c4c(O)c(c(C5SCCS5)c(O)c4c3C2=O)NC(=O)/C(C)=C\C=C/C(C)C(O)C(C)C(O)C(C)C(OC(C)=O)C1C. The minimum absolute atomic E-state index is 0.0499. The number of esters is 1. The maximum Gasteiger partial charge on any atom is 0.312 e. The topological polar surface area (TPSA) is 201 Å². The van der Waals surface area contributed by atoms with Gasteiger partial charge < -0.3 is 49.8 Å². The second-order valence-electron chi connectivity index (χ2n) is 14.7. The van der Waals surface area contributed by atoms with Gasteiger partial charge in [0.1, 0.15) is 23.4 Å². The van der Waals surface area contributed by atoms with Crippen molar-refractivity contribution < 1.29 is 58.9 Å². The van der Waals surface area contributed by atoms with E-state index in [1.165, 1.54) is 69.8 Å². The van der Waals surface area contributed by atoms with E-state index in [1.807, 2.05) is 0 Å². The predicted molar refractivity (Wildman–Crippen MR) is 211 cm³/mol. The number of benzene rings is 2. The van der Waals surface area contributed by atoms with Crippen LogP contribution < -0.4 is 10.1 Å². The molecule has 300 valence electrons. The summed E-state index contributed by atoms with van der Waals surface area (Å²) in [5, 5.41) is 60.6. The molecular formula is C40H51NO12S2. The number of aromatic hydroxyl groups is 3. The van der Waals surface area contributed by atoms with Crippen LogP contribution in [-0.2, 0) is 23.8 Å². The lowest BCUT2D eigenvalue weighted by Gasteiger charge is -2.38. The highest BCUT2D eigenvalue weighted by molar-refractivity contribution is 8.19. The van der Waals surface area contributed by atoms with E-state index in [0.717, 1.165) is 11.5 Å². The molecule has 0 aliphatic carbocycles. The Labute approximate surface area is 329 Å². The normalized spacial score (nSPS) is 33.1. The summed E-state index contributed by atoms with van der Waals surface area (Å²) in [5.74, 6) is -6.31. The van der Waals surface area contributed by atoms with Crippen LogP contribution in [0.5, 0.6) is 23.0 Å². The van der Waals surface area contributed by atoms with Gasteiger partial charge in [-0.15, -0.1) is 23.5 Å². The first-order chi connectivity index (χ1) is 25.9. The van der Waals surface area contributed by atoms with E-state index in [1.54, 1.807) is 46.8 Å². The van der Waals surface area contributed by atoms with Gasteiger partial charge in [-0.2, -0.15) is 0 Å². The van der Waals surface area contributed by atoms with Crippen molar-refractivity contribution in [2.24, 2.45) is 23.7 Å². The number of fused-ring (bicyclic) bond motifs is 14. The number of carbonyl (C=O) groups excluding carboxylic acids is 3. The summed E-state index contributed by atoms with van der Waals surface area (Å²) in [4.78, 5) is 40.3. The van der Waals surface area contributed by atoms with Crippen molar-refractivity contribution in [3.63, 3.8) is 0 Å². The molecule has 1 fully saturated rings. The second-order valence-corrected chi connectivity index (χ2v) is 17.4. The third-order valence-corrected chi connectivity index (χ3v) is 13.9. The van der Waals surface area contributed by atoms with Crippen LogP contribution in [0.15, 0.2) is 36.1 Å². The van der Waals surface area contributed by atoms with Gasteiger partial charge in [0.2, 0.25) is 0 Å². The fraction of sp³-hybridized carbons (Fsp3) is 0.525. The number of amides is 1. The molecule has 0 aromatic heterocycles. The Hall–Kier alpha value is -3.89. The molecule has 5 bridgehead atoms. The van der Waals surface area contributed by atoms with Gasteiger partial charge in [0.15, 0.2) is 5.75 Å². The van der Waals surface area contributed by atoms with Crippen LogP contribution in [0.25, 0.3) is 10.8 Å². The number of hydrogen-bond acceptors (Lipinski definition) is 14. The van der Waals surface area contributed by atoms with E-state index < -0.39 is 93.4 Å². The van der Waals surface area contributed by atoms with Crippen molar-refractivity contribution in [3.05, 3.63) is 52.8 Å². The number of methoxy groups -OCH3 is 1. The monoisotopic (exact) mass is 801 g/mol. The lowest BCUT2D eigenvalue weighted by Crippen LogP contribution is -2.46. The van der Waals surface area contributed by atoms with Gasteiger partial charge in [0.25, 0.3) is 11.7 Å². The predicted octanol–water partition coefficient (Wildman–Crippen LogP) is 6.23. The van der Waals surface area contributed by atoms with E-state index in [0.29, 0.717) is 0 Å². The second kappa shape index (κ2) is 16.7. The van der Waals surface area contributed by atoms with E-state index in [4.69, 9.17) is 18.9 Å². The van der Waals surface area contributed by atoms with E-state index in [9.17, 15) is 39.9 Å². The molecule has 0 radical (unpaired) electrons. The summed E-state index contributed by atoms with van der Waals surface area (Å²) in [6, 6.07) is 0. The summed E-state index contributed by atoms with van der Waals surface area (Å²) in [5.41, 5.74) is 0.263. The summed E-state index contributed by atoms with van der Waals surface area (Å²) >= 11 is 2.98. The van der Waals surface area contributed by atoms with E-state index in [-0.39, 0.29) is 44.5 Å². The number of anilines is 1. The number of phenolic OH excluding ortho intramolecular Hbond substituents is 3. The first kappa shape index (κ1) is 42.3. The largest absolute Gasteiger partial charge is 0.507 e. The number of allylic oxidation sites excluding steroid dienone is 2. The molecule has 6 rings (SSSR count). The van der Waals surface area contributed by atoms with Crippen LogP contribution >= 0.6 is 23.5 Å². The number of phenols is 3. The summed E-state index contributed by atoms with van der Waals surface area (Å²) in [6.07, 6.45) is 3.74. The lowest BCUT2D eigenvalue weighted by molar-refractivity contribution is -0.160. The lowest BCUT2D eigenvalue weighted by atomic mass is 9.78. The zero-order chi connectivity index (χ0) is 40.7. The highest BCUT2D eigenvalue weighted by Crippen LogP contribution is 2.60. The van der Waals surface area contributed by atoms with Crippen molar-refractivity contribution in [3.8, 4) is 23.0 Å². The summed E-state index contributed by atoms with van der Waals surface area (Å²) in [6.45, 7) is 12.6. The molecule has 1 saturated heterocycles. The summed E-state index contributed by atoms with van der Waals surface area (Å²) in [7, 11) is 1.44. The fourth-order valence-electron chi connectivity index (χ4n) is 7.50. The molecule has 2 aromatic carbocycles. The average molecular weight is 802 g/mol. The third kappa shape index (κ3) is 7.91. The Bertz CT molecular complexity index is 1940. The average Bonchev–Trinajstić information content (AvgIpc) is 3.77. The third-order valence-electron chi connectivity index (χ3n) is 10.9. The first-order valence-electron chi connectivity index (χ1n) is 18.2. The molecule has 9 atom stereocenters. The van der Waals surface area contributed by atoms with Gasteiger partial charge in [-0.1, -0.05) is 45.9 Å². The van der Waals surface area contributed by atoms with Gasteiger partial charge in [0, 0.05) is 78.2 Å². The zero-order valence-electron chi connectivity index (χ0n) is 32.4. The number of ketones is 1. The van der Waals surface area contributed by atoms with Crippen LogP contribution in [0.4, 0.5) is 5.69 Å². The van der Waals surface area contributed by atoms with Crippen molar-refractivity contribution in [1.29, 1.82) is 0 Å². The van der Waals surface area contributed by atoms with Crippen molar-refractivity contribution in [2.45, 2.75) is 90.2 Å². The van der Waals surface area contributed by atoms with Crippen molar-refractivity contribution >= 4 is 57.6 Å². The Balaban J connectivity index is 1.70. The molecule has 4 aliphatic heterocycles. The fourth-order valence-corrected chi connectivity index (χ4v) is 10.5. The van der Waals surface area contributed by atoms with Gasteiger partial charge >= 0.3 is 11.8 Å². The standard InChI is InChI=1S/C40H51NO12S2/c1-17-11-10-12-18(2)38(49)41-29-28(39-54-15-16-55-39)33(46)25-26(34(29)47)32(45)22(6)36-27(25)37(48)40(8,53-36)51-14-13-24(50-9)19(3)35(52-23(7)42)21(5)31(44)20(4)30(17)43/h10-14,17,19-21,24,30-31,35,39,43-47H,15-16H2,1-9H3,(H,41,49)/b11-10-,14-13-,18-12-. The van der Waals surface area contributed by atoms with Gasteiger partial charge in [0.05, 0.1) is 45.8 Å². The van der Waals surface area contributed by atoms with Crippen LogP contribution in [0.2, 0.25) is 0 Å². The molecular weight excluding hydrogens is 751 g/mol. The molecule has 0 saturated carbocycles. The Morgan fingerprint density at radius 3 is 2.20 bits per heavy atom. The maximum absolute atomic E-state index is 14.3. The molecule has 6 N–H and O–H groups in total. The van der Waals surface area contributed by atoms with E-state index >= 15 is 0 Å². The quantitative estimate of drug-likeness (QED) is 0.116. The Morgan fingerprint density at radius 1 is 0.927 bits per heavy atom. The molecule has 9 unspecified atom stereocenters. The first-order valence-corrected chi connectivity index (χ1v) is 20.3. The number of rotatable bonds is 3. The molecule has 55 heavy (non-hydrogen) atoms. The van der Waals surface area contributed by atoms with Crippen LogP contribution in [0.1, 0.15) is 74.5 Å². The molecule has 1 amide bonds. The van der Waals surface area contributed by atoms with Crippen LogP contribution in [0, 0.1) is 30.6 Å². The molecule has 15 heteroatoms. The number of ether oxygens (including phenoxy) is 4. The Kier molecular flexibility index (Phi) is 12.8. The van der Waals surface area contributed by atoms with E-state index in [2.05, 4.69) is 5.32 Å². The van der Waals surface area contributed by atoms with Crippen molar-refractivity contribution in [2.75, 3.05) is 23.9 Å². The number of aliphatic hydroxyl groups excluding tert-OH is 2.